The van der Waals surface area contributed by atoms with Crippen molar-refractivity contribution in [1.82, 2.24) is 14.8 Å². The molecule has 1 aliphatic heterocycles. The van der Waals surface area contributed by atoms with E-state index in [0.717, 1.165) is 24.0 Å². The molecule has 1 atom stereocenters. The molecule has 2 aromatic rings. The summed E-state index contributed by atoms with van der Waals surface area (Å²) in [5.74, 6) is 12.8. The van der Waals surface area contributed by atoms with Crippen LogP contribution in [0, 0.1) is 0 Å². The Morgan fingerprint density at radius 2 is 1.88 bits per heavy atom. The van der Waals surface area contributed by atoms with Crippen molar-refractivity contribution in [2.75, 3.05) is 32.7 Å². The quantitative estimate of drug-likeness (QED) is 0.243. The van der Waals surface area contributed by atoms with Gasteiger partial charge in [-0.05, 0) is 29.7 Å². The van der Waals surface area contributed by atoms with Gasteiger partial charge < -0.3 is 20.6 Å². The summed E-state index contributed by atoms with van der Waals surface area (Å²) in [5.41, 5.74) is 1.79. The van der Waals surface area contributed by atoms with Gasteiger partial charge in [0.2, 0.25) is 0 Å². The third-order valence-corrected chi connectivity index (χ3v) is 5.75. The molecule has 1 amide bonds. The second-order valence-electron chi connectivity index (χ2n) is 8.09. The van der Waals surface area contributed by atoms with Crippen molar-refractivity contribution in [3.8, 4) is 5.75 Å². The number of hydrogen-bond acceptors (Lipinski definition) is 7. The van der Waals surface area contributed by atoms with E-state index in [0.29, 0.717) is 38.6 Å². The summed E-state index contributed by atoms with van der Waals surface area (Å²) < 4.78 is 5.48. The molecule has 0 radical (unpaired) electrons. The van der Waals surface area contributed by atoms with Gasteiger partial charge >= 0.3 is 6.09 Å². The summed E-state index contributed by atoms with van der Waals surface area (Å²) in [6.07, 6.45) is 1.57. The van der Waals surface area contributed by atoms with Crippen molar-refractivity contribution in [3.05, 3.63) is 65.7 Å². The smallest absolute Gasteiger partial charge is 0.410 e. The third-order valence-electron chi connectivity index (χ3n) is 5.75. The van der Waals surface area contributed by atoms with E-state index < -0.39 is 0 Å². The van der Waals surface area contributed by atoms with Crippen molar-refractivity contribution in [2.45, 2.75) is 32.4 Å². The number of amidine groups is 1. The SMILES string of the molecule is CCCCN(N)/C(=N\N)C(c1cccc(O)c1)N1CCN(C(=O)OCc2ccccc2)CC1. The third kappa shape index (κ3) is 6.59. The maximum atomic E-state index is 12.6. The molecule has 178 valence electrons. The first-order valence-electron chi connectivity index (χ1n) is 11.3. The predicted octanol–water partition coefficient (Wildman–Crippen LogP) is 2.64. The molecule has 1 unspecified atom stereocenters. The summed E-state index contributed by atoms with van der Waals surface area (Å²) >= 11 is 0. The topological polar surface area (TPSA) is 121 Å². The van der Waals surface area contributed by atoms with Crippen LogP contribution >= 0.6 is 0 Å². The van der Waals surface area contributed by atoms with Crippen LogP contribution in [-0.2, 0) is 11.3 Å². The maximum Gasteiger partial charge on any atom is 0.410 e. The minimum absolute atomic E-state index is 0.161. The number of ether oxygens (including phenoxy) is 1. The molecule has 2 aromatic carbocycles. The Hall–Kier alpha value is -3.30. The Morgan fingerprint density at radius 3 is 2.52 bits per heavy atom. The van der Waals surface area contributed by atoms with Gasteiger partial charge in [0.25, 0.3) is 0 Å². The molecular formula is C24H34N6O3. The zero-order valence-electron chi connectivity index (χ0n) is 19.1. The highest BCUT2D eigenvalue weighted by molar-refractivity contribution is 5.88. The number of phenolic OH excluding ortho intramolecular Hbond substituents is 1. The molecule has 0 aliphatic carbocycles. The number of aromatic hydroxyl groups is 1. The molecule has 0 aromatic heterocycles. The molecule has 3 rings (SSSR count). The molecule has 0 spiro atoms. The van der Waals surface area contributed by atoms with Crippen LogP contribution in [0.2, 0.25) is 0 Å². The molecular weight excluding hydrogens is 420 g/mol. The van der Waals surface area contributed by atoms with E-state index in [4.69, 9.17) is 16.4 Å². The number of carbonyl (C=O) groups excluding carboxylic acids is 1. The Bertz CT molecular complexity index is 915. The Balaban J connectivity index is 1.69. The van der Waals surface area contributed by atoms with E-state index in [9.17, 15) is 9.90 Å². The standard InChI is InChI=1S/C24H34N6O3/c1-2-3-12-30(26)23(27-25)22(20-10-7-11-21(31)17-20)28-13-15-29(16-14-28)24(32)33-18-19-8-5-4-6-9-19/h4-11,17,22,31H,2-3,12-16,18,25-26H2,1H3/b27-23-. The normalized spacial score (nSPS) is 15.8. The number of phenols is 1. The maximum absolute atomic E-state index is 12.6. The lowest BCUT2D eigenvalue weighted by Crippen LogP contribution is -2.54. The van der Waals surface area contributed by atoms with Crippen LogP contribution in [0.3, 0.4) is 0 Å². The molecule has 0 saturated carbocycles. The van der Waals surface area contributed by atoms with Gasteiger partial charge in [0, 0.05) is 32.7 Å². The van der Waals surface area contributed by atoms with E-state index in [1.807, 2.05) is 36.4 Å². The lowest BCUT2D eigenvalue weighted by Gasteiger charge is -2.40. The van der Waals surface area contributed by atoms with E-state index in [1.165, 1.54) is 0 Å². The van der Waals surface area contributed by atoms with E-state index in [2.05, 4.69) is 16.9 Å². The van der Waals surface area contributed by atoms with Gasteiger partial charge in [0.1, 0.15) is 12.4 Å². The number of rotatable bonds is 8. The lowest BCUT2D eigenvalue weighted by atomic mass is 10.0. The molecule has 1 saturated heterocycles. The van der Waals surface area contributed by atoms with Gasteiger partial charge in [-0.3, -0.25) is 9.91 Å². The van der Waals surface area contributed by atoms with Crippen LogP contribution in [0.1, 0.15) is 36.9 Å². The van der Waals surface area contributed by atoms with Crippen molar-refractivity contribution in [1.29, 1.82) is 0 Å². The van der Waals surface area contributed by atoms with E-state index in [1.54, 1.807) is 28.1 Å². The number of nitrogens with two attached hydrogens (primary N) is 2. The lowest BCUT2D eigenvalue weighted by molar-refractivity contribution is 0.0658. The van der Waals surface area contributed by atoms with Gasteiger partial charge in [-0.15, -0.1) is 0 Å². The number of carbonyl (C=O) groups is 1. The number of hydrazone groups is 1. The number of unbranched alkanes of at least 4 members (excludes halogenated alkanes) is 1. The molecule has 1 aliphatic rings. The first kappa shape index (κ1) is 24.3. The number of nitrogens with zero attached hydrogens (tertiary/aromatic N) is 4. The fraction of sp³-hybridized carbons (Fsp3) is 0.417. The van der Waals surface area contributed by atoms with Crippen LogP contribution in [0.4, 0.5) is 4.79 Å². The number of hydrazine groups is 1. The number of amides is 1. The molecule has 9 nitrogen and oxygen atoms in total. The van der Waals surface area contributed by atoms with Crippen molar-refractivity contribution < 1.29 is 14.6 Å². The molecule has 0 bridgehead atoms. The zero-order valence-corrected chi connectivity index (χ0v) is 19.1. The number of benzene rings is 2. The summed E-state index contributed by atoms with van der Waals surface area (Å²) in [5, 5.41) is 15.7. The number of hydrogen-bond donors (Lipinski definition) is 3. The molecule has 5 N–H and O–H groups in total. The van der Waals surface area contributed by atoms with Crippen LogP contribution in [0.15, 0.2) is 59.7 Å². The second kappa shape index (κ2) is 12.1. The second-order valence-corrected chi connectivity index (χ2v) is 8.09. The van der Waals surface area contributed by atoms with Gasteiger partial charge in [-0.1, -0.05) is 55.8 Å². The average molecular weight is 455 g/mol. The summed E-state index contributed by atoms with van der Waals surface area (Å²) in [6.45, 7) is 5.13. The fourth-order valence-electron chi connectivity index (χ4n) is 3.94. The van der Waals surface area contributed by atoms with Gasteiger partial charge in [-0.2, -0.15) is 5.10 Å². The first-order chi connectivity index (χ1) is 16.0. The van der Waals surface area contributed by atoms with Crippen molar-refractivity contribution >= 4 is 11.9 Å². The highest BCUT2D eigenvalue weighted by Gasteiger charge is 2.33. The van der Waals surface area contributed by atoms with E-state index >= 15 is 0 Å². The number of piperazine rings is 1. The molecule has 1 heterocycles. The van der Waals surface area contributed by atoms with Crippen molar-refractivity contribution in [3.63, 3.8) is 0 Å². The van der Waals surface area contributed by atoms with E-state index in [-0.39, 0.29) is 24.5 Å². The zero-order chi connectivity index (χ0) is 23.6. The fourth-order valence-corrected chi connectivity index (χ4v) is 3.94. The van der Waals surface area contributed by atoms with Crippen LogP contribution in [0.5, 0.6) is 5.75 Å². The highest BCUT2D eigenvalue weighted by atomic mass is 16.6. The minimum atomic E-state index is -0.341. The first-order valence-corrected chi connectivity index (χ1v) is 11.3. The predicted molar refractivity (Wildman–Crippen MR) is 128 cm³/mol. The Kier molecular flexibility index (Phi) is 8.91. The van der Waals surface area contributed by atoms with Gasteiger partial charge in [-0.25, -0.2) is 10.6 Å². The molecule has 9 heteroatoms. The summed E-state index contributed by atoms with van der Waals surface area (Å²) in [4.78, 5) is 16.4. The molecule has 1 fully saturated rings. The Morgan fingerprint density at radius 1 is 1.15 bits per heavy atom. The van der Waals surface area contributed by atoms with Gasteiger partial charge in [0.05, 0.1) is 6.04 Å². The Labute approximate surface area is 195 Å². The summed E-state index contributed by atoms with van der Waals surface area (Å²) in [7, 11) is 0. The monoisotopic (exact) mass is 454 g/mol. The summed E-state index contributed by atoms with van der Waals surface area (Å²) in [6, 6.07) is 16.3. The minimum Gasteiger partial charge on any atom is -0.508 e. The van der Waals surface area contributed by atoms with Gasteiger partial charge in [0.15, 0.2) is 5.84 Å². The van der Waals surface area contributed by atoms with Crippen LogP contribution in [0.25, 0.3) is 0 Å². The average Bonchev–Trinajstić information content (AvgIpc) is 2.85. The van der Waals surface area contributed by atoms with Crippen LogP contribution in [-0.4, -0.2) is 64.6 Å². The highest BCUT2D eigenvalue weighted by Crippen LogP contribution is 2.27. The molecule has 33 heavy (non-hydrogen) atoms. The van der Waals surface area contributed by atoms with Crippen LogP contribution < -0.4 is 11.7 Å². The largest absolute Gasteiger partial charge is 0.508 e. The van der Waals surface area contributed by atoms with Crippen molar-refractivity contribution in [2.24, 2.45) is 16.8 Å².